The highest BCUT2D eigenvalue weighted by atomic mass is 16.7. The summed E-state index contributed by atoms with van der Waals surface area (Å²) in [5, 5.41) is 0.934. The van der Waals surface area contributed by atoms with Crippen LogP contribution in [-0.4, -0.2) is 17.0 Å². The fraction of sp³-hybridized carbons (Fsp3) is 0.600. The number of nitrogens with one attached hydrogen (secondary N) is 1. The van der Waals surface area contributed by atoms with Crippen LogP contribution in [0.4, 0.5) is 0 Å². The molecular weight excluding hydrogens is 210 g/mol. The number of nitrogens with two attached hydrogens (primary N) is 1. The van der Waals surface area contributed by atoms with Crippen molar-refractivity contribution in [1.29, 1.82) is 0 Å². The van der Waals surface area contributed by atoms with E-state index in [4.69, 9.17) is 10.6 Å². The summed E-state index contributed by atoms with van der Waals surface area (Å²) < 4.78 is 0. The molecule has 6 heteroatoms. The Balaban J connectivity index is 2.90. The van der Waals surface area contributed by atoms with Gasteiger partial charge in [-0.05, 0) is 12.8 Å². The predicted molar refractivity (Wildman–Crippen MR) is 57.0 cm³/mol. The van der Waals surface area contributed by atoms with Gasteiger partial charge in [0.1, 0.15) is 11.7 Å². The molecule has 1 atom stereocenters. The Morgan fingerprint density at radius 3 is 2.56 bits per heavy atom. The maximum Gasteiger partial charge on any atom is 0.293 e. The zero-order valence-electron chi connectivity index (χ0n) is 9.53. The molecule has 0 fully saturated rings. The maximum atomic E-state index is 12.1. The monoisotopic (exact) mass is 227 g/mol. The van der Waals surface area contributed by atoms with E-state index in [0.717, 1.165) is 5.17 Å². The Bertz CT molecular complexity index is 308. The predicted octanol–water partition coefficient (Wildman–Crippen LogP) is 0.418. The third-order valence-electron chi connectivity index (χ3n) is 2.77. The Labute approximate surface area is 94.3 Å². The topological polar surface area (TPSA) is 84.7 Å². The van der Waals surface area contributed by atoms with Crippen molar-refractivity contribution in [2.45, 2.75) is 33.1 Å². The minimum atomic E-state index is -1.19. The van der Waals surface area contributed by atoms with E-state index >= 15 is 0 Å². The summed E-state index contributed by atoms with van der Waals surface area (Å²) in [5.74, 6) is -1.06. The van der Waals surface area contributed by atoms with Gasteiger partial charge < -0.3 is 10.6 Å². The molecule has 3 N–H and O–H groups in total. The van der Waals surface area contributed by atoms with E-state index in [2.05, 4.69) is 5.43 Å². The van der Waals surface area contributed by atoms with Crippen LogP contribution in [0.2, 0.25) is 0 Å². The number of hydrogen-bond donors (Lipinski definition) is 2. The van der Waals surface area contributed by atoms with Gasteiger partial charge in [-0.3, -0.25) is 15.0 Å². The molecule has 1 aliphatic rings. The molecule has 0 bridgehead atoms. The molecule has 0 radical (unpaired) electrons. The second-order valence-corrected chi connectivity index (χ2v) is 3.69. The number of carbonyl (C=O) groups is 2. The smallest absolute Gasteiger partial charge is 0.293 e. The minimum absolute atomic E-state index is 0.358. The van der Waals surface area contributed by atoms with Crippen molar-refractivity contribution in [2.75, 3.05) is 0 Å². The van der Waals surface area contributed by atoms with Crippen molar-refractivity contribution in [3.8, 4) is 0 Å². The highest BCUT2D eigenvalue weighted by Gasteiger charge is 2.46. The van der Waals surface area contributed by atoms with Crippen molar-refractivity contribution < 1.29 is 14.4 Å². The van der Waals surface area contributed by atoms with Crippen LogP contribution >= 0.6 is 0 Å². The van der Waals surface area contributed by atoms with E-state index in [0.29, 0.717) is 19.3 Å². The number of amides is 2. The van der Waals surface area contributed by atoms with Gasteiger partial charge in [-0.1, -0.05) is 25.4 Å². The largest absolute Gasteiger partial charge is 0.369 e. The zero-order chi connectivity index (χ0) is 12.2. The summed E-state index contributed by atoms with van der Waals surface area (Å²) in [7, 11) is 0. The second kappa shape index (κ2) is 4.87. The van der Waals surface area contributed by atoms with Crippen LogP contribution in [-0.2, 0) is 14.4 Å². The number of primary amides is 1. The lowest BCUT2D eigenvalue weighted by atomic mass is 9.79. The van der Waals surface area contributed by atoms with Gasteiger partial charge in [0.15, 0.2) is 0 Å². The van der Waals surface area contributed by atoms with Crippen LogP contribution in [0.3, 0.4) is 0 Å². The van der Waals surface area contributed by atoms with Gasteiger partial charge in [-0.2, -0.15) is 0 Å². The van der Waals surface area contributed by atoms with Crippen molar-refractivity contribution in [2.24, 2.45) is 11.1 Å². The van der Waals surface area contributed by atoms with Crippen molar-refractivity contribution in [3.63, 3.8) is 0 Å². The van der Waals surface area contributed by atoms with Crippen LogP contribution in [0.25, 0.3) is 0 Å². The molecular formula is C10H17N3O3. The standard InChI is InChI=1S/C10H17N3O3/c1-3-5-10(4-2,8(11)14)9(15)13-12-6-7-16-13/h6-7,12H,3-5H2,1-2H3,(H2,11,14). The molecule has 1 aliphatic heterocycles. The molecule has 0 aromatic carbocycles. The first-order valence-corrected chi connectivity index (χ1v) is 5.31. The SMILES string of the molecule is CCCC(CC)(C(N)=O)C(=O)N1NC=CO1. The van der Waals surface area contributed by atoms with Crippen molar-refractivity contribution in [1.82, 2.24) is 10.6 Å². The summed E-state index contributed by atoms with van der Waals surface area (Å²) in [4.78, 5) is 28.5. The Morgan fingerprint density at radius 1 is 1.50 bits per heavy atom. The fourth-order valence-corrected chi connectivity index (χ4v) is 1.79. The molecule has 0 saturated carbocycles. The van der Waals surface area contributed by atoms with Gasteiger partial charge in [0.2, 0.25) is 5.91 Å². The van der Waals surface area contributed by atoms with Gasteiger partial charge >= 0.3 is 0 Å². The number of hydrogen-bond acceptors (Lipinski definition) is 4. The van der Waals surface area contributed by atoms with E-state index in [-0.39, 0.29) is 0 Å². The number of hydrazine groups is 1. The highest BCUT2D eigenvalue weighted by molar-refractivity contribution is 6.03. The summed E-state index contributed by atoms with van der Waals surface area (Å²) in [6.07, 6.45) is 4.26. The molecule has 1 heterocycles. The molecule has 1 rings (SSSR count). The Morgan fingerprint density at radius 2 is 2.19 bits per heavy atom. The maximum absolute atomic E-state index is 12.1. The van der Waals surface area contributed by atoms with E-state index in [1.54, 1.807) is 6.92 Å². The molecule has 0 aliphatic carbocycles. The van der Waals surface area contributed by atoms with Crippen LogP contribution in [0.5, 0.6) is 0 Å². The van der Waals surface area contributed by atoms with Crippen LogP contribution in [0, 0.1) is 5.41 Å². The lowest BCUT2D eigenvalue weighted by Crippen LogP contribution is -2.52. The number of rotatable bonds is 5. The van der Waals surface area contributed by atoms with E-state index < -0.39 is 17.2 Å². The summed E-state index contributed by atoms with van der Waals surface area (Å²) in [6, 6.07) is 0. The van der Waals surface area contributed by atoms with Crippen molar-refractivity contribution in [3.05, 3.63) is 12.5 Å². The first-order valence-electron chi connectivity index (χ1n) is 5.31. The van der Waals surface area contributed by atoms with E-state index in [1.165, 1.54) is 12.5 Å². The van der Waals surface area contributed by atoms with Crippen molar-refractivity contribution >= 4 is 11.8 Å². The molecule has 2 amide bonds. The molecule has 6 nitrogen and oxygen atoms in total. The number of carbonyl (C=O) groups excluding carboxylic acids is 2. The third-order valence-corrected chi connectivity index (χ3v) is 2.77. The normalized spacial score (nSPS) is 17.5. The zero-order valence-corrected chi connectivity index (χ0v) is 9.53. The summed E-state index contributed by atoms with van der Waals surface area (Å²) in [6.45, 7) is 3.67. The molecule has 0 aromatic heterocycles. The van der Waals surface area contributed by atoms with Gasteiger partial charge in [-0.15, -0.1) is 0 Å². The van der Waals surface area contributed by atoms with E-state index in [9.17, 15) is 9.59 Å². The average Bonchev–Trinajstić information content (AvgIpc) is 2.77. The van der Waals surface area contributed by atoms with Crippen LogP contribution < -0.4 is 11.2 Å². The second-order valence-electron chi connectivity index (χ2n) is 3.69. The van der Waals surface area contributed by atoms with E-state index in [1.807, 2.05) is 6.92 Å². The lowest BCUT2D eigenvalue weighted by Gasteiger charge is -2.30. The molecule has 0 spiro atoms. The van der Waals surface area contributed by atoms with Gasteiger partial charge in [-0.25, -0.2) is 0 Å². The van der Waals surface area contributed by atoms with Gasteiger partial charge in [0.25, 0.3) is 5.91 Å². The molecule has 16 heavy (non-hydrogen) atoms. The number of nitrogens with zero attached hydrogens (tertiary/aromatic N) is 1. The first kappa shape index (κ1) is 12.4. The fourth-order valence-electron chi connectivity index (χ4n) is 1.79. The molecule has 0 saturated heterocycles. The quantitative estimate of drug-likeness (QED) is 0.666. The molecule has 90 valence electrons. The number of hydroxylamine groups is 1. The van der Waals surface area contributed by atoms with Crippen LogP contribution in [0.15, 0.2) is 12.5 Å². The molecule has 1 unspecified atom stereocenters. The van der Waals surface area contributed by atoms with Crippen LogP contribution in [0.1, 0.15) is 33.1 Å². The van der Waals surface area contributed by atoms with Gasteiger partial charge in [0.05, 0.1) is 6.20 Å². The van der Waals surface area contributed by atoms with Gasteiger partial charge in [0, 0.05) is 0 Å². The lowest BCUT2D eigenvalue weighted by molar-refractivity contribution is -0.185. The summed E-state index contributed by atoms with van der Waals surface area (Å²) >= 11 is 0. The Hall–Kier alpha value is -1.72. The molecule has 0 aromatic rings. The Kier molecular flexibility index (Phi) is 3.76. The third kappa shape index (κ3) is 1.95. The first-order chi connectivity index (χ1) is 7.58. The average molecular weight is 227 g/mol. The minimum Gasteiger partial charge on any atom is -0.369 e. The highest BCUT2D eigenvalue weighted by Crippen LogP contribution is 2.30. The summed E-state index contributed by atoms with van der Waals surface area (Å²) in [5.41, 5.74) is 6.74.